The van der Waals surface area contributed by atoms with E-state index in [1.54, 1.807) is 16.7 Å². The second-order valence-corrected chi connectivity index (χ2v) is 7.37. The van der Waals surface area contributed by atoms with Gasteiger partial charge < -0.3 is 9.64 Å². The molecular weight excluding hydrogens is 346 g/mol. The second-order valence-electron chi connectivity index (χ2n) is 6.49. The van der Waals surface area contributed by atoms with E-state index in [4.69, 9.17) is 4.74 Å². The molecule has 0 unspecified atom stereocenters. The van der Waals surface area contributed by atoms with E-state index in [-0.39, 0.29) is 36.9 Å². The number of likely N-dealkylation sites (tertiary alicyclic amines) is 1. The number of ether oxygens (including phenoxy) is 1. The maximum Gasteiger partial charge on any atom is 0.311 e. The third-order valence-electron chi connectivity index (χ3n) is 4.78. The average Bonchev–Trinajstić information content (AvgIpc) is 3.08. The first-order valence-electron chi connectivity index (χ1n) is 8.72. The summed E-state index contributed by atoms with van der Waals surface area (Å²) in [5.41, 5.74) is 2.03. The van der Waals surface area contributed by atoms with Gasteiger partial charge in [0, 0.05) is 17.9 Å². The Kier molecular flexibility index (Phi) is 5.99. The van der Waals surface area contributed by atoms with E-state index in [0.717, 1.165) is 11.1 Å². The van der Waals surface area contributed by atoms with E-state index in [1.165, 1.54) is 4.90 Å². The number of hydrogen-bond acceptors (Lipinski definition) is 4. The van der Waals surface area contributed by atoms with Gasteiger partial charge in [0.25, 0.3) is 0 Å². The van der Waals surface area contributed by atoms with Crippen molar-refractivity contribution in [3.8, 4) is 0 Å². The van der Waals surface area contributed by atoms with Crippen LogP contribution >= 0.6 is 11.8 Å². The minimum absolute atomic E-state index is 0.00706. The van der Waals surface area contributed by atoms with Crippen LogP contribution in [0.4, 0.5) is 0 Å². The summed E-state index contributed by atoms with van der Waals surface area (Å²) in [7, 11) is 0. The largest absolute Gasteiger partial charge is 0.461 e. The van der Waals surface area contributed by atoms with Gasteiger partial charge >= 0.3 is 5.97 Å². The molecule has 1 heterocycles. The summed E-state index contributed by atoms with van der Waals surface area (Å²) < 4.78 is 5.44. The zero-order valence-corrected chi connectivity index (χ0v) is 15.9. The van der Waals surface area contributed by atoms with Gasteiger partial charge in [0.15, 0.2) is 0 Å². The van der Waals surface area contributed by atoms with Crippen LogP contribution in [0.1, 0.15) is 30.5 Å². The highest BCUT2D eigenvalue weighted by molar-refractivity contribution is 7.98. The lowest BCUT2D eigenvalue weighted by molar-refractivity contribution is -0.149. The summed E-state index contributed by atoms with van der Waals surface area (Å²) in [6.45, 7) is 2.65. The van der Waals surface area contributed by atoms with E-state index in [2.05, 4.69) is 0 Å². The van der Waals surface area contributed by atoms with Gasteiger partial charge in [0.2, 0.25) is 5.91 Å². The lowest BCUT2D eigenvalue weighted by Gasteiger charge is -2.25. The van der Waals surface area contributed by atoms with Crippen molar-refractivity contribution in [2.24, 2.45) is 5.92 Å². The molecule has 26 heavy (non-hydrogen) atoms. The highest BCUT2D eigenvalue weighted by atomic mass is 32.2. The zero-order chi connectivity index (χ0) is 18.5. The summed E-state index contributed by atoms with van der Waals surface area (Å²) in [6, 6.07) is 17.8. The molecule has 0 bridgehead atoms. The van der Waals surface area contributed by atoms with Gasteiger partial charge in [-0.15, -0.1) is 11.8 Å². The predicted octanol–water partition coefficient (Wildman–Crippen LogP) is 4.06. The molecule has 0 N–H and O–H groups in total. The molecule has 2 atom stereocenters. The first kappa shape index (κ1) is 18.5. The molecule has 0 aromatic heterocycles. The molecule has 1 saturated heterocycles. The number of thioether (sulfide) groups is 1. The van der Waals surface area contributed by atoms with Crippen molar-refractivity contribution < 1.29 is 14.3 Å². The number of nitrogens with zero attached hydrogens (tertiary/aromatic N) is 1. The molecule has 0 aliphatic carbocycles. The number of benzene rings is 2. The second kappa shape index (κ2) is 8.41. The molecule has 3 rings (SSSR count). The Balaban J connectivity index is 1.56. The Labute approximate surface area is 158 Å². The van der Waals surface area contributed by atoms with Gasteiger partial charge in [-0.25, -0.2) is 0 Å². The predicted molar refractivity (Wildman–Crippen MR) is 103 cm³/mol. The summed E-state index contributed by atoms with van der Waals surface area (Å²) in [5, 5.41) is 0. The smallest absolute Gasteiger partial charge is 0.311 e. The average molecular weight is 369 g/mol. The fourth-order valence-electron chi connectivity index (χ4n) is 3.17. The van der Waals surface area contributed by atoms with Crippen molar-refractivity contribution in [2.45, 2.75) is 30.9 Å². The molecule has 5 heteroatoms. The van der Waals surface area contributed by atoms with Crippen molar-refractivity contribution in [2.75, 3.05) is 12.8 Å². The van der Waals surface area contributed by atoms with Gasteiger partial charge in [-0.1, -0.05) is 42.5 Å². The lowest BCUT2D eigenvalue weighted by atomic mass is 10.1. The standard InChI is InChI=1S/C21H23NO3S/c1-15(17-6-4-3-5-7-17)22-13-18(12-20(22)23)21(24)25-14-16-8-10-19(26-2)11-9-16/h3-11,15,18H,12-14H2,1-2H3/t15-,18-/m1/s1. The molecule has 0 spiro atoms. The zero-order valence-electron chi connectivity index (χ0n) is 15.1. The monoisotopic (exact) mass is 369 g/mol. The van der Waals surface area contributed by atoms with E-state index >= 15 is 0 Å². The van der Waals surface area contributed by atoms with Crippen molar-refractivity contribution >= 4 is 23.6 Å². The number of hydrogen-bond donors (Lipinski definition) is 0. The molecule has 2 aromatic rings. The Morgan fingerprint density at radius 2 is 1.88 bits per heavy atom. The molecule has 1 amide bonds. The molecular formula is C21H23NO3S. The van der Waals surface area contributed by atoms with Crippen LogP contribution in [0.25, 0.3) is 0 Å². The SMILES string of the molecule is CSc1ccc(COC(=O)[C@@H]2CC(=O)N([C@H](C)c3ccccc3)C2)cc1. The van der Waals surface area contributed by atoms with Gasteiger partial charge in [0.1, 0.15) is 6.61 Å². The molecule has 136 valence electrons. The molecule has 4 nitrogen and oxygen atoms in total. The fourth-order valence-corrected chi connectivity index (χ4v) is 3.58. The van der Waals surface area contributed by atoms with Gasteiger partial charge in [-0.2, -0.15) is 0 Å². The maximum absolute atomic E-state index is 12.4. The summed E-state index contributed by atoms with van der Waals surface area (Å²) in [6.07, 6.45) is 2.25. The molecule has 0 saturated carbocycles. The molecule has 1 fully saturated rings. The van der Waals surface area contributed by atoms with Crippen molar-refractivity contribution in [1.82, 2.24) is 4.90 Å². The van der Waals surface area contributed by atoms with Gasteiger partial charge in [0.05, 0.1) is 12.0 Å². The summed E-state index contributed by atoms with van der Waals surface area (Å²) in [4.78, 5) is 27.7. The molecule has 1 aliphatic rings. The van der Waals surface area contributed by atoms with Crippen LogP contribution in [-0.4, -0.2) is 29.6 Å². The van der Waals surface area contributed by atoms with E-state index < -0.39 is 0 Å². The number of amides is 1. The normalized spacial score (nSPS) is 18.0. The van der Waals surface area contributed by atoms with E-state index in [0.29, 0.717) is 6.54 Å². The number of esters is 1. The minimum Gasteiger partial charge on any atom is -0.461 e. The molecule has 0 radical (unpaired) electrons. The minimum atomic E-state index is -0.390. The first-order chi connectivity index (χ1) is 12.6. The highest BCUT2D eigenvalue weighted by Crippen LogP contribution is 2.29. The summed E-state index contributed by atoms with van der Waals surface area (Å²) in [5.74, 6) is -0.679. The van der Waals surface area contributed by atoms with Crippen LogP contribution in [0.5, 0.6) is 0 Å². The highest BCUT2D eigenvalue weighted by Gasteiger charge is 2.37. The number of rotatable bonds is 6. The van der Waals surface area contributed by atoms with E-state index in [9.17, 15) is 9.59 Å². The third-order valence-corrected chi connectivity index (χ3v) is 5.52. The Morgan fingerprint density at radius 1 is 1.19 bits per heavy atom. The van der Waals surface area contributed by atoms with Crippen LogP contribution in [0.3, 0.4) is 0 Å². The van der Waals surface area contributed by atoms with Gasteiger partial charge in [-0.3, -0.25) is 9.59 Å². The fraction of sp³-hybridized carbons (Fsp3) is 0.333. The third kappa shape index (κ3) is 4.28. The topological polar surface area (TPSA) is 46.6 Å². The van der Waals surface area contributed by atoms with Crippen molar-refractivity contribution in [3.05, 3.63) is 65.7 Å². The van der Waals surface area contributed by atoms with Crippen LogP contribution in [0.15, 0.2) is 59.5 Å². The quantitative estimate of drug-likeness (QED) is 0.569. The van der Waals surface area contributed by atoms with Crippen molar-refractivity contribution in [1.29, 1.82) is 0 Å². The lowest BCUT2D eigenvalue weighted by Crippen LogP contribution is -2.29. The van der Waals surface area contributed by atoms with Crippen molar-refractivity contribution in [3.63, 3.8) is 0 Å². The Bertz CT molecular complexity index is 761. The van der Waals surface area contributed by atoms with Crippen LogP contribution < -0.4 is 0 Å². The molecule has 1 aliphatic heterocycles. The van der Waals surface area contributed by atoms with E-state index in [1.807, 2.05) is 67.8 Å². The van der Waals surface area contributed by atoms with Gasteiger partial charge in [-0.05, 0) is 36.4 Å². The number of carbonyl (C=O) groups is 2. The Hall–Kier alpha value is -2.27. The van der Waals surface area contributed by atoms with Crippen LogP contribution in [-0.2, 0) is 20.9 Å². The molecule has 2 aromatic carbocycles. The van der Waals surface area contributed by atoms with Crippen LogP contribution in [0.2, 0.25) is 0 Å². The summed E-state index contributed by atoms with van der Waals surface area (Å²) >= 11 is 1.67. The number of carbonyl (C=O) groups excluding carboxylic acids is 2. The maximum atomic E-state index is 12.4. The Morgan fingerprint density at radius 3 is 2.54 bits per heavy atom. The first-order valence-corrected chi connectivity index (χ1v) is 9.95. The van der Waals surface area contributed by atoms with Crippen LogP contribution in [0, 0.1) is 5.92 Å².